The molecule has 3 rings (SSSR count). The second-order valence-corrected chi connectivity index (χ2v) is 7.93. The van der Waals surface area contributed by atoms with Gasteiger partial charge in [-0.3, -0.25) is 4.90 Å². The summed E-state index contributed by atoms with van der Waals surface area (Å²) < 4.78 is 11.5. The summed E-state index contributed by atoms with van der Waals surface area (Å²) in [6.07, 6.45) is 7.16. The molecule has 1 N–H and O–H groups in total. The largest absolute Gasteiger partial charge is 0.389 e. The predicted molar refractivity (Wildman–Crippen MR) is 86.8 cm³/mol. The molecule has 2 saturated carbocycles. The quantitative estimate of drug-likeness (QED) is 0.733. The number of fused-ring (bicyclic) bond motifs is 2. The first-order valence-electron chi connectivity index (χ1n) is 9.23. The molecule has 0 radical (unpaired) electrons. The van der Waals surface area contributed by atoms with Gasteiger partial charge in [-0.2, -0.15) is 0 Å². The summed E-state index contributed by atoms with van der Waals surface area (Å²) in [5.74, 6) is 2.90. The molecule has 0 aromatic rings. The zero-order valence-corrected chi connectivity index (χ0v) is 14.2. The van der Waals surface area contributed by atoms with Crippen LogP contribution < -0.4 is 0 Å². The molecule has 0 amide bonds. The van der Waals surface area contributed by atoms with Crippen molar-refractivity contribution in [3.8, 4) is 0 Å². The van der Waals surface area contributed by atoms with E-state index in [1.807, 2.05) is 0 Å². The van der Waals surface area contributed by atoms with Crippen LogP contribution in [0, 0.1) is 17.8 Å². The van der Waals surface area contributed by atoms with Crippen LogP contribution in [-0.2, 0) is 9.47 Å². The van der Waals surface area contributed by atoms with Gasteiger partial charge in [0.05, 0.1) is 24.9 Å². The Morgan fingerprint density at radius 3 is 2.59 bits per heavy atom. The molecule has 22 heavy (non-hydrogen) atoms. The molecule has 2 aliphatic carbocycles. The summed E-state index contributed by atoms with van der Waals surface area (Å²) in [7, 11) is 0. The number of aliphatic hydroxyl groups excluding tert-OH is 1. The van der Waals surface area contributed by atoms with Gasteiger partial charge in [-0.05, 0) is 57.3 Å². The molecule has 2 bridgehead atoms. The number of ether oxygens (including phenoxy) is 2. The molecule has 4 nitrogen and oxygen atoms in total. The Morgan fingerprint density at radius 1 is 1.18 bits per heavy atom. The molecule has 0 aromatic heterocycles. The molecule has 6 atom stereocenters. The van der Waals surface area contributed by atoms with Crippen molar-refractivity contribution < 1.29 is 14.6 Å². The molecule has 4 heteroatoms. The predicted octanol–water partition coefficient (Wildman–Crippen LogP) is 2.30. The molecular weight excluding hydrogens is 278 g/mol. The van der Waals surface area contributed by atoms with Crippen LogP contribution in [0.15, 0.2) is 0 Å². The van der Waals surface area contributed by atoms with Gasteiger partial charge in [0.1, 0.15) is 0 Å². The summed E-state index contributed by atoms with van der Waals surface area (Å²) in [6.45, 7) is 8.01. The van der Waals surface area contributed by atoms with Crippen LogP contribution in [-0.4, -0.2) is 61.2 Å². The number of β-amino-alcohol motifs (C(OH)–C–C–N with tert-alkyl or cyclic N) is 1. The Morgan fingerprint density at radius 2 is 1.95 bits per heavy atom. The lowest BCUT2D eigenvalue weighted by atomic mass is 9.87. The molecule has 128 valence electrons. The van der Waals surface area contributed by atoms with Crippen molar-refractivity contribution in [3.63, 3.8) is 0 Å². The highest BCUT2D eigenvalue weighted by atomic mass is 16.5. The van der Waals surface area contributed by atoms with Crippen molar-refractivity contribution >= 4 is 0 Å². The van der Waals surface area contributed by atoms with Gasteiger partial charge in [0, 0.05) is 26.2 Å². The Bertz CT molecular complexity index is 341. The third-order valence-corrected chi connectivity index (χ3v) is 5.79. The smallest absolute Gasteiger partial charge is 0.0900 e. The van der Waals surface area contributed by atoms with Crippen molar-refractivity contribution in [1.82, 2.24) is 4.90 Å². The standard InChI is InChI=1S/C18H33NO3/c1-13-9-19(10-14(2)22-13)11-18(20)12-21-6-5-17-8-15-3-4-16(17)7-15/h13-18,20H,3-12H2,1-2H3/t13-,14+,15-,16-,17+,18-/m0/s1. The maximum absolute atomic E-state index is 10.2. The van der Waals surface area contributed by atoms with E-state index >= 15 is 0 Å². The third kappa shape index (κ3) is 4.44. The fraction of sp³-hybridized carbons (Fsp3) is 1.00. The van der Waals surface area contributed by atoms with Crippen molar-refractivity contribution in [2.24, 2.45) is 17.8 Å². The minimum absolute atomic E-state index is 0.259. The maximum atomic E-state index is 10.2. The number of nitrogens with zero attached hydrogens (tertiary/aromatic N) is 1. The number of hydrogen-bond acceptors (Lipinski definition) is 4. The van der Waals surface area contributed by atoms with Crippen LogP contribution in [0.4, 0.5) is 0 Å². The summed E-state index contributed by atoms with van der Waals surface area (Å²) >= 11 is 0. The Balaban J connectivity index is 1.27. The Hall–Kier alpha value is -0.160. The van der Waals surface area contributed by atoms with Crippen LogP contribution in [0.25, 0.3) is 0 Å². The van der Waals surface area contributed by atoms with Gasteiger partial charge >= 0.3 is 0 Å². The average Bonchev–Trinajstić information content (AvgIpc) is 3.05. The number of rotatable bonds is 7. The highest BCUT2D eigenvalue weighted by molar-refractivity contribution is 4.89. The van der Waals surface area contributed by atoms with Crippen LogP contribution in [0.2, 0.25) is 0 Å². The van der Waals surface area contributed by atoms with Gasteiger partial charge in [0.25, 0.3) is 0 Å². The van der Waals surface area contributed by atoms with E-state index in [1.165, 1.54) is 32.1 Å². The summed E-state index contributed by atoms with van der Waals surface area (Å²) in [5.41, 5.74) is 0. The summed E-state index contributed by atoms with van der Waals surface area (Å²) in [5, 5.41) is 10.2. The zero-order valence-electron chi connectivity index (χ0n) is 14.2. The molecule has 1 aliphatic heterocycles. The van der Waals surface area contributed by atoms with Crippen LogP contribution >= 0.6 is 0 Å². The Kier molecular flexibility index (Phi) is 5.77. The molecule has 0 unspecified atom stereocenters. The lowest BCUT2D eigenvalue weighted by molar-refractivity contribution is -0.0823. The Labute approximate surface area is 135 Å². The van der Waals surface area contributed by atoms with Crippen molar-refractivity contribution in [2.45, 2.75) is 64.3 Å². The van der Waals surface area contributed by atoms with Gasteiger partial charge in [-0.15, -0.1) is 0 Å². The minimum Gasteiger partial charge on any atom is -0.389 e. The molecule has 3 fully saturated rings. The van der Waals surface area contributed by atoms with Crippen LogP contribution in [0.5, 0.6) is 0 Å². The topological polar surface area (TPSA) is 41.9 Å². The van der Waals surface area contributed by atoms with Crippen LogP contribution in [0.3, 0.4) is 0 Å². The number of morpholine rings is 1. The van der Waals surface area contributed by atoms with E-state index in [0.29, 0.717) is 13.2 Å². The SMILES string of the molecule is C[C@@H]1CN(C[C@H](O)COCC[C@@H]2C[C@H]3CC[C@H]2C3)C[C@H](C)O1. The van der Waals surface area contributed by atoms with Crippen molar-refractivity contribution in [2.75, 3.05) is 32.8 Å². The van der Waals surface area contributed by atoms with Gasteiger partial charge in [-0.1, -0.05) is 6.42 Å². The normalized spacial score (nSPS) is 40.2. The highest BCUT2D eigenvalue weighted by Gasteiger charge is 2.38. The van der Waals surface area contributed by atoms with Crippen LogP contribution in [0.1, 0.15) is 46.0 Å². The first-order valence-corrected chi connectivity index (χ1v) is 9.23. The van der Waals surface area contributed by atoms with Gasteiger partial charge in [-0.25, -0.2) is 0 Å². The minimum atomic E-state index is -0.377. The van der Waals surface area contributed by atoms with E-state index in [4.69, 9.17) is 9.47 Å². The molecule has 1 saturated heterocycles. The summed E-state index contributed by atoms with van der Waals surface area (Å²) in [4.78, 5) is 2.29. The average molecular weight is 311 g/mol. The number of aliphatic hydroxyl groups is 1. The molecule has 1 heterocycles. The first kappa shape index (κ1) is 16.7. The van der Waals surface area contributed by atoms with E-state index in [2.05, 4.69) is 18.7 Å². The number of hydrogen-bond donors (Lipinski definition) is 1. The first-order chi connectivity index (χ1) is 10.6. The molecule has 0 aromatic carbocycles. The van der Waals surface area contributed by atoms with Crippen molar-refractivity contribution in [3.05, 3.63) is 0 Å². The van der Waals surface area contributed by atoms with E-state index < -0.39 is 0 Å². The molecule has 0 spiro atoms. The highest BCUT2D eigenvalue weighted by Crippen LogP contribution is 2.49. The van der Waals surface area contributed by atoms with E-state index in [0.717, 1.165) is 37.5 Å². The monoisotopic (exact) mass is 311 g/mol. The van der Waals surface area contributed by atoms with E-state index in [-0.39, 0.29) is 18.3 Å². The second kappa shape index (κ2) is 7.61. The fourth-order valence-corrected chi connectivity index (χ4v) is 4.97. The zero-order chi connectivity index (χ0) is 15.5. The molecular formula is C18H33NO3. The second-order valence-electron chi connectivity index (χ2n) is 7.93. The third-order valence-electron chi connectivity index (χ3n) is 5.79. The molecule has 3 aliphatic rings. The van der Waals surface area contributed by atoms with Crippen molar-refractivity contribution in [1.29, 1.82) is 0 Å². The van der Waals surface area contributed by atoms with E-state index in [9.17, 15) is 5.11 Å². The summed E-state index contributed by atoms with van der Waals surface area (Å²) in [6, 6.07) is 0. The lowest BCUT2D eigenvalue weighted by Gasteiger charge is -2.36. The van der Waals surface area contributed by atoms with Gasteiger partial charge in [0.2, 0.25) is 0 Å². The maximum Gasteiger partial charge on any atom is 0.0900 e. The lowest BCUT2D eigenvalue weighted by Crippen LogP contribution is -2.48. The fourth-order valence-electron chi connectivity index (χ4n) is 4.97. The van der Waals surface area contributed by atoms with Gasteiger partial charge in [0.15, 0.2) is 0 Å². The van der Waals surface area contributed by atoms with E-state index in [1.54, 1.807) is 0 Å². The van der Waals surface area contributed by atoms with Gasteiger partial charge < -0.3 is 14.6 Å².